The lowest BCUT2D eigenvalue weighted by Gasteiger charge is -2.03. The zero-order valence-corrected chi connectivity index (χ0v) is 11.4. The number of hydrogen-bond donors (Lipinski definition) is 2. The van der Waals surface area contributed by atoms with E-state index in [0.717, 1.165) is 9.75 Å². The Hall–Kier alpha value is -1.66. The standard InChI is InChI=1S/C12H12N2O2S2/c1-7-5-9(11(13)16)12(18-7)14-10(15)6-8-3-2-4-17-8/h2-5H,6H2,1H3,(H2,13,16)(H,14,15). The van der Waals surface area contributed by atoms with Crippen LogP contribution < -0.4 is 11.1 Å². The van der Waals surface area contributed by atoms with Crippen molar-refractivity contribution in [3.8, 4) is 0 Å². The number of hydrogen-bond acceptors (Lipinski definition) is 4. The van der Waals surface area contributed by atoms with Crippen molar-refractivity contribution in [3.05, 3.63) is 38.9 Å². The Morgan fingerprint density at radius 2 is 2.22 bits per heavy atom. The number of amides is 2. The average Bonchev–Trinajstić information content (AvgIpc) is 2.88. The summed E-state index contributed by atoms with van der Waals surface area (Å²) in [5, 5.41) is 5.19. The van der Waals surface area contributed by atoms with Crippen molar-refractivity contribution in [1.82, 2.24) is 0 Å². The molecule has 2 heterocycles. The van der Waals surface area contributed by atoms with E-state index in [2.05, 4.69) is 5.32 Å². The summed E-state index contributed by atoms with van der Waals surface area (Å²) in [6.07, 6.45) is 0.312. The molecule has 2 amide bonds. The smallest absolute Gasteiger partial charge is 0.251 e. The molecule has 0 atom stereocenters. The number of primary amides is 1. The Morgan fingerprint density at radius 3 is 2.83 bits per heavy atom. The summed E-state index contributed by atoms with van der Waals surface area (Å²) in [6, 6.07) is 5.49. The Balaban J connectivity index is 2.09. The molecule has 0 unspecified atom stereocenters. The number of carbonyl (C=O) groups excluding carboxylic acids is 2. The molecule has 0 spiro atoms. The Labute approximate surface area is 112 Å². The lowest BCUT2D eigenvalue weighted by molar-refractivity contribution is -0.115. The van der Waals surface area contributed by atoms with Crippen LogP contribution in [0.15, 0.2) is 23.6 Å². The van der Waals surface area contributed by atoms with E-state index in [1.807, 2.05) is 24.4 Å². The number of thiophene rings is 2. The van der Waals surface area contributed by atoms with Gasteiger partial charge in [0, 0.05) is 9.75 Å². The van der Waals surface area contributed by atoms with E-state index in [-0.39, 0.29) is 5.91 Å². The van der Waals surface area contributed by atoms with Crippen molar-refractivity contribution >= 4 is 39.5 Å². The topological polar surface area (TPSA) is 72.2 Å². The second-order valence-corrected chi connectivity index (χ2v) is 6.06. The highest BCUT2D eigenvalue weighted by Gasteiger charge is 2.14. The maximum absolute atomic E-state index is 11.8. The van der Waals surface area contributed by atoms with E-state index in [0.29, 0.717) is 17.0 Å². The van der Waals surface area contributed by atoms with Crippen LogP contribution in [0.1, 0.15) is 20.1 Å². The minimum absolute atomic E-state index is 0.137. The number of nitrogens with one attached hydrogen (secondary N) is 1. The molecule has 0 aliphatic heterocycles. The molecule has 3 N–H and O–H groups in total. The van der Waals surface area contributed by atoms with Crippen LogP contribution in [0.5, 0.6) is 0 Å². The van der Waals surface area contributed by atoms with Gasteiger partial charge in [0.1, 0.15) is 5.00 Å². The third kappa shape index (κ3) is 2.96. The summed E-state index contributed by atoms with van der Waals surface area (Å²) in [4.78, 5) is 25.0. The number of rotatable bonds is 4. The van der Waals surface area contributed by atoms with Crippen molar-refractivity contribution in [3.63, 3.8) is 0 Å². The molecule has 0 fully saturated rings. The molecule has 2 rings (SSSR count). The highest BCUT2D eigenvalue weighted by atomic mass is 32.1. The van der Waals surface area contributed by atoms with Gasteiger partial charge in [-0.2, -0.15) is 0 Å². The molecule has 94 valence electrons. The predicted molar refractivity (Wildman–Crippen MR) is 74.2 cm³/mol. The molecule has 4 nitrogen and oxygen atoms in total. The summed E-state index contributed by atoms with van der Waals surface area (Å²) < 4.78 is 0. The third-order valence-corrected chi connectivity index (χ3v) is 4.13. The molecule has 2 aromatic heterocycles. The second-order valence-electron chi connectivity index (χ2n) is 3.77. The van der Waals surface area contributed by atoms with E-state index < -0.39 is 5.91 Å². The van der Waals surface area contributed by atoms with Crippen molar-refractivity contribution in [1.29, 1.82) is 0 Å². The summed E-state index contributed by atoms with van der Waals surface area (Å²) in [7, 11) is 0. The highest BCUT2D eigenvalue weighted by Crippen LogP contribution is 2.27. The minimum Gasteiger partial charge on any atom is -0.366 e. The van der Waals surface area contributed by atoms with Gasteiger partial charge in [-0.05, 0) is 24.4 Å². The van der Waals surface area contributed by atoms with Crippen molar-refractivity contribution in [2.45, 2.75) is 13.3 Å². The van der Waals surface area contributed by atoms with Crippen LogP contribution in [0.2, 0.25) is 0 Å². The normalized spacial score (nSPS) is 10.3. The molecule has 2 aromatic rings. The first kappa shape index (κ1) is 12.8. The van der Waals surface area contributed by atoms with Gasteiger partial charge in [-0.25, -0.2) is 0 Å². The largest absolute Gasteiger partial charge is 0.366 e. The zero-order chi connectivity index (χ0) is 13.1. The molecular weight excluding hydrogens is 268 g/mol. The maximum Gasteiger partial charge on any atom is 0.251 e. The fraction of sp³-hybridized carbons (Fsp3) is 0.167. The molecule has 0 bridgehead atoms. The summed E-state index contributed by atoms with van der Waals surface area (Å²) in [6.45, 7) is 1.87. The quantitative estimate of drug-likeness (QED) is 0.902. The van der Waals surface area contributed by atoms with Crippen LogP contribution in [0.25, 0.3) is 0 Å². The second kappa shape index (κ2) is 5.32. The van der Waals surface area contributed by atoms with Gasteiger partial charge < -0.3 is 11.1 Å². The van der Waals surface area contributed by atoms with Crippen LogP contribution in [-0.4, -0.2) is 11.8 Å². The Bertz CT molecular complexity index is 573. The first-order valence-electron chi connectivity index (χ1n) is 5.28. The first-order valence-corrected chi connectivity index (χ1v) is 6.98. The Morgan fingerprint density at radius 1 is 1.44 bits per heavy atom. The number of anilines is 1. The first-order chi connectivity index (χ1) is 8.56. The van der Waals surface area contributed by atoms with Gasteiger partial charge in [0.05, 0.1) is 12.0 Å². The van der Waals surface area contributed by atoms with Crippen LogP contribution in [0.3, 0.4) is 0 Å². The zero-order valence-electron chi connectivity index (χ0n) is 9.73. The van der Waals surface area contributed by atoms with E-state index in [9.17, 15) is 9.59 Å². The number of nitrogens with two attached hydrogens (primary N) is 1. The fourth-order valence-corrected chi connectivity index (χ4v) is 3.17. The average molecular weight is 280 g/mol. The van der Waals surface area contributed by atoms with E-state index in [4.69, 9.17) is 5.73 Å². The Kier molecular flexibility index (Phi) is 3.78. The molecule has 0 saturated heterocycles. The summed E-state index contributed by atoms with van der Waals surface area (Å²) >= 11 is 2.88. The van der Waals surface area contributed by atoms with Crippen LogP contribution in [0.4, 0.5) is 5.00 Å². The predicted octanol–water partition coefficient (Wildman–Crippen LogP) is 2.40. The molecule has 0 aromatic carbocycles. The lowest BCUT2D eigenvalue weighted by atomic mass is 10.2. The maximum atomic E-state index is 11.8. The van der Waals surface area contributed by atoms with Crippen molar-refractivity contribution < 1.29 is 9.59 Å². The lowest BCUT2D eigenvalue weighted by Crippen LogP contribution is -2.17. The third-order valence-electron chi connectivity index (χ3n) is 2.29. The summed E-state index contributed by atoms with van der Waals surface area (Å²) in [5.74, 6) is -0.660. The highest BCUT2D eigenvalue weighted by molar-refractivity contribution is 7.16. The summed E-state index contributed by atoms with van der Waals surface area (Å²) in [5.41, 5.74) is 5.63. The van der Waals surface area contributed by atoms with E-state index >= 15 is 0 Å². The van der Waals surface area contributed by atoms with Gasteiger partial charge in [-0.15, -0.1) is 22.7 Å². The molecule has 0 saturated carbocycles. The van der Waals surface area contributed by atoms with E-state index in [1.165, 1.54) is 22.7 Å². The van der Waals surface area contributed by atoms with Crippen LogP contribution in [0, 0.1) is 6.92 Å². The van der Waals surface area contributed by atoms with E-state index in [1.54, 1.807) is 6.07 Å². The molecule has 6 heteroatoms. The van der Waals surface area contributed by atoms with Gasteiger partial charge in [-0.1, -0.05) is 6.07 Å². The van der Waals surface area contributed by atoms with Gasteiger partial charge in [0.15, 0.2) is 0 Å². The van der Waals surface area contributed by atoms with Gasteiger partial charge in [-0.3, -0.25) is 9.59 Å². The van der Waals surface area contributed by atoms with Crippen LogP contribution in [-0.2, 0) is 11.2 Å². The van der Waals surface area contributed by atoms with Gasteiger partial charge in [0.2, 0.25) is 5.91 Å². The monoisotopic (exact) mass is 280 g/mol. The SMILES string of the molecule is Cc1cc(C(N)=O)c(NC(=O)Cc2cccs2)s1. The van der Waals surface area contributed by atoms with Crippen molar-refractivity contribution in [2.24, 2.45) is 5.73 Å². The molecule has 0 aliphatic carbocycles. The molecular formula is C12H12N2O2S2. The van der Waals surface area contributed by atoms with Gasteiger partial charge in [0.25, 0.3) is 5.91 Å². The minimum atomic E-state index is -0.522. The fourth-order valence-electron chi connectivity index (χ4n) is 1.53. The molecule has 0 radical (unpaired) electrons. The van der Waals surface area contributed by atoms with Gasteiger partial charge >= 0.3 is 0 Å². The number of aryl methyl sites for hydroxylation is 1. The van der Waals surface area contributed by atoms with Crippen LogP contribution >= 0.6 is 22.7 Å². The van der Waals surface area contributed by atoms with Crippen molar-refractivity contribution in [2.75, 3.05) is 5.32 Å². The molecule has 0 aliphatic rings. The molecule has 18 heavy (non-hydrogen) atoms. The number of carbonyl (C=O) groups is 2.